The van der Waals surface area contributed by atoms with Gasteiger partial charge in [0.2, 0.25) is 5.91 Å². The lowest BCUT2D eigenvalue weighted by Gasteiger charge is -2.24. The van der Waals surface area contributed by atoms with Crippen molar-refractivity contribution >= 4 is 17.3 Å². The number of rotatable bonds is 8. The molecule has 0 bridgehead atoms. The lowest BCUT2D eigenvalue weighted by atomic mass is 9.92. The summed E-state index contributed by atoms with van der Waals surface area (Å²) in [5, 5.41) is 10.2. The van der Waals surface area contributed by atoms with E-state index in [-0.39, 0.29) is 12.5 Å². The number of carbonyl (C=O) groups excluding carboxylic acids is 1. The Kier molecular flexibility index (Phi) is 7.56. The van der Waals surface area contributed by atoms with E-state index < -0.39 is 0 Å². The van der Waals surface area contributed by atoms with Crippen LogP contribution >= 0.6 is 0 Å². The van der Waals surface area contributed by atoms with E-state index in [1.165, 1.54) is 23.2 Å². The van der Waals surface area contributed by atoms with Crippen LogP contribution in [0.5, 0.6) is 0 Å². The number of para-hydroxylation sites is 2. The Morgan fingerprint density at radius 2 is 1.43 bits per heavy atom. The standard InChI is InChI=1S/C26H35N3O/c1-18(2)21-13-10-14-22(19(3)4)26(21)29-25(30)17-27-23-15-8-9-16-24(23)28-20-11-6-5-7-12-20/h5-7,10-14,18-19,27-28H,8-9,15-17H2,1-4H3,(H,29,30). The molecule has 3 N–H and O–H groups in total. The first-order valence-electron chi connectivity index (χ1n) is 11.2. The molecule has 0 unspecified atom stereocenters. The minimum atomic E-state index is 0.00198. The lowest BCUT2D eigenvalue weighted by Crippen LogP contribution is -2.30. The molecule has 1 amide bonds. The summed E-state index contributed by atoms with van der Waals surface area (Å²) in [6.45, 7) is 8.95. The molecule has 0 saturated heterocycles. The maximum atomic E-state index is 12.9. The molecule has 30 heavy (non-hydrogen) atoms. The smallest absolute Gasteiger partial charge is 0.243 e. The fourth-order valence-electron chi connectivity index (χ4n) is 4.00. The lowest BCUT2D eigenvalue weighted by molar-refractivity contribution is -0.115. The Morgan fingerprint density at radius 1 is 0.833 bits per heavy atom. The molecular weight excluding hydrogens is 370 g/mol. The van der Waals surface area contributed by atoms with Gasteiger partial charge in [-0.15, -0.1) is 0 Å². The van der Waals surface area contributed by atoms with Gasteiger partial charge in [-0.25, -0.2) is 0 Å². The van der Waals surface area contributed by atoms with E-state index in [9.17, 15) is 4.79 Å². The second-order valence-corrected chi connectivity index (χ2v) is 8.68. The quantitative estimate of drug-likeness (QED) is 0.479. The summed E-state index contributed by atoms with van der Waals surface area (Å²) in [4.78, 5) is 12.9. The van der Waals surface area contributed by atoms with Crippen molar-refractivity contribution in [2.45, 2.75) is 65.2 Å². The summed E-state index contributed by atoms with van der Waals surface area (Å²) < 4.78 is 0. The molecule has 0 spiro atoms. The van der Waals surface area contributed by atoms with Gasteiger partial charge in [-0.2, -0.15) is 0 Å². The van der Waals surface area contributed by atoms with Gasteiger partial charge in [-0.3, -0.25) is 4.79 Å². The van der Waals surface area contributed by atoms with Gasteiger partial charge in [-0.05, 0) is 60.8 Å². The summed E-state index contributed by atoms with van der Waals surface area (Å²) in [5.74, 6) is 0.714. The van der Waals surface area contributed by atoms with E-state index in [0.29, 0.717) is 11.8 Å². The second kappa shape index (κ2) is 10.3. The van der Waals surface area contributed by atoms with Crippen LogP contribution in [0, 0.1) is 0 Å². The van der Waals surface area contributed by atoms with Gasteiger partial charge in [0.25, 0.3) is 0 Å². The first-order chi connectivity index (χ1) is 14.5. The molecule has 3 rings (SSSR count). The maximum Gasteiger partial charge on any atom is 0.243 e. The number of hydrogen-bond acceptors (Lipinski definition) is 3. The zero-order chi connectivity index (χ0) is 21.5. The van der Waals surface area contributed by atoms with Crippen LogP contribution < -0.4 is 16.0 Å². The molecule has 4 heteroatoms. The highest BCUT2D eigenvalue weighted by Gasteiger charge is 2.17. The average Bonchev–Trinajstić information content (AvgIpc) is 2.73. The minimum Gasteiger partial charge on any atom is -0.378 e. The monoisotopic (exact) mass is 405 g/mol. The van der Waals surface area contributed by atoms with Gasteiger partial charge in [0.05, 0.1) is 6.54 Å². The third-order valence-electron chi connectivity index (χ3n) is 5.64. The number of carbonyl (C=O) groups is 1. The third kappa shape index (κ3) is 5.65. The summed E-state index contributed by atoms with van der Waals surface area (Å²) >= 11 is 0. The highest BCUT2D eigenvalue weighted by molar-refractivity contribution is 5.94. The number of allylic oxidation sites excluding steroid dienone is 2. The number of nitrogens with one attached hydrogen (secondary N) is 3. The van der Waals surface area contributed by atoms with Gasteiger partial charge in [0.1, 0.15) is 0 Å². The van der Waals surface area contributed by atoms with E-state index in [1.54, 1.807) is 0 Å². The largest absolute Gasteiger partial charge is 0.378 e. The van der Waals surface area contributed by atoms with E-state index in [4.69, 9.17) is 0 Å². The van der Waals surface area contributed by atoms with Crippen LogP contribution in [0.1, 0.15) is 76.3 Å². The Hall–Kier alpha value is -2.75. The SMILES string of the molecule is CC(C)c1cccc(C(C)C)c1NC(=O)CNC1=C(Nc2ccccc2)CCCC1. The molecule has 1 aliphatic rings. The van der Waals surface area contributed by atoms with Crippen LogP contribution in [0.25, 0.3) is 0 Å². The van der Waals surface area contributed by atoms with Crippen LogP contribution in [0.2, 0.25) is 0 Å². The topological polar surface area (TPSA) is 53.2 Å². The van der Waals surface area contributed by atoms with Gasteiger partial charge in [-0.1, -0.05) is 64.1 Å². The van der Waals surface area contributed by atoms with Crippen molar-refractivity contribution in [2.75, 3.05) is 17.2 Å². The Morgan fingerprint density at radius 3 is 2.03 bits per heavy atom. The molecule has 2 aromatic rings. The van der Waals surface area contributed by atoms with Gasteiger partial charge in [0, 0.05) is 22.8 Å². The molecule has 0 fully saturated rings. The van der Waals surface area contributed by atoms with Crippen LogP contribution in [0.15, 0.2) is 59.9 Å². The van der Waals surface area contributed by atoms with Crippen molar-refractivity contribution in [3.8, 4) is 0 Å². The summed E-state index contributed by atoms with van der Waals surface area (Å²) in [7, 11) is 0. The van der Waals surface area contributed by atoms with Gasteiger partial charge in [0.15, 0.2) is 0 Å². The maximum absolute atomic E-state index is 12.9. The molecular formula is C26H35N3O. The summed E-state index contributed by atoms with van der Waals surface area (Å²) in [6, 6.07) is 16.5. The van der Waals surface area contributed by atoms with Crippen molar-refractivity contribution in [3.05, 3.63) is 71.1 Å². The molecule has 0 saturated carbocycles. The van der Waals surface area contributed by atoms with Gasteiger partial charge < -0.3 is 16.0 Å². The van der Waals surface area contributed by atoms with Crippen molar-refractivity contribution in [1.29, 1.82) is 0 Å². The van der Waals surface area contributed by atoms with Crippen LogP contribution in [-0.2, 0) is 4.79 Å². The molecule has 0 aliphatic heterocycles. The number of hydrogen-bond donors (Lipinski definition) is 3. The number of benzene rings is 2. The number of anilines is 2. The molecule has 2 aromatic carbocycles. The zero-order valence-electron chi connectivity index (χ0n) is 18.7. The minimum absolute atomic E-state index is 0.00198. The van der Waals surface area contributed by atoms with Crippen molar-refractivity contribution < 1.29 is 4.79 Å². The molecule has 0 heterocycles. The molecule has 4 nitrogen and oxygen atoms in total. The molecule has 160 valence electrons. The highest BCUT2D eigenvalue weighted by atomic mass is 16.1. The Bertz CT molecular complexity index is 858. The van der Waals surface area contributed by atoms with Crippen molar-refractivity contribution in [3.63, 3.8) is 0 Å². The molecule has 1 aliphatic carbocycles. The second-order valence-electron chi connectivity index (χ2n) is 8.68. The van der Waals surface area contributed by atoms with Crippen LogP contribution in [0.3, 0.4) is 0 Å². The first kappa shape index (κ1) is 21.9. The highest BCUT2D eigenvalue weighted by Crippen LogP contribution is 2.32. The van der Waals surface area contributed by atoms with Gasteiger partial charge >= 0.3 is 0 Å². The Labute approximate surface area is 181 Å². The van der Waals surface area contributed by atoms with E-state index in [2.05, 4.69) is 74.0 Å². The zero-order valence-corrected chi connectivity index (χ0v) is 18.7. The van der Waals surface area contributed by atoms with E-state index >= 15 is 0 Å². The molecule has 0 radical (unpaired) electrons. The number of amides is 1. The molecule has 0 aromatic heterocycles. The predicted molar refractivity (Wildman–Crippen MR) is 127 cm³/mol. The fraction of sp³-hybridized carbons (Fsp3) is 0.423. The summed E-state index contributed by atoms with van der Waals surface area (Å²) in [6.07, 6.45) is 4.30. The van der Waals surface area contributed by atoms with Crippen molar-refractivity contribution in [1.82, 2.24) is 5.32 Å². The van der Waals surface area contributed by atoms with E-state index in [0.717, 1.165) is 36.3 Å². The van der Waals surface area contributed by atoms with Crippen molar-refractivity contribution in [2.24, 2.45) is 0 Å². The first-order valence-corrected chi connectivity index (χ1v) is 11.2. The molecule has 0 atom stereocenters. The fourth-order valence-corrected chi connectivity index (χ4v) is 4.00. The third-order valence-corrected chi connectivity index (χ3v) is 5.64. The van der Waals surface area contributed by atoms with E-state index in [1.807, 2.05) is 18.2 Å². The normalized spacial score (nSPS) is 14.2. The average molecular weight is 406 g/mol. The predicted octanol–water partition coefficient (Wildman–Crippen LogP) is 6.36. The van der Waals surface area contributed by atoms with Crippen LogP contribution in [0.4, 0.5) is 11.4 Å². The van der Waals surface area contributed by atoms with Crippen LogP contribution in [-0.4, -0.2) is 12.5 Å². The Balaban J connectivity index is 1.71. The summed E-state index contributed by atoms with van der Waals surface area (Å²) in [5.41, 5.74) is 6.81.